The maximum Gasteiger partial charge on any atom is 0.124 e. The Morgan fingerprint density at radius 3 is 1.93 bits per heavy atom. The van der Waals surface area contributed by atoms with Crippen LogP contribution in [0.3, 0.4) is 0 Å². The van der Waals surface area contributed by atoms with E-state index in [2.05, 4.69) is 147 Å². The summed E-state index contributed by atoms with van der Waals surface area (Å²) in [6.45, 7) is 6.68. The summed E-state index contributed by atoms with van der Waals surface area (Å²) < 4.78 is 2.37. The van der Waals surface area contributed by atoms with Crippen LogP contribution in [0.5, 0.6) is 5.75 Å². The number of phenols is 1. The van der Waals surface area contributed by atoms with Crippen LogP contribution in [0, 0.1) is 6.07 Å². The summed E-state index contributed by atoms with van der Waals surface area (Å²) >= 11 is 0. The van der Waals surface area contributed by atoms with Crippen LogP contribution in [0.25, 0.3) is 83.5 Å². The van der Waals surface area contributed by atoms with E-state index in [9.17, 15) is 5.11 Å². The van der Waals surface area contributed by atoms with Crippen LogP contribution < -0.4 is 0 Å². The van der Waals surface area contributed by atoms with Gasteiger partial charge in [0.1, 0.15) is 5.75 Å². The van der Waals surface area contributed by atoms with Gasteiger partial charge in [-0.25, -0.2) is 0 Å². The van der Waals surface area contributed by atoms with Gasteiger partial charge in [0.15, 0.2) is 0 Å². The molecule has 0 amide bonds. The normalized spacial score (nSPS) is 11.5. The number of aromatic hydroxyl groups is 1. The molecular weight excluding hydrogens is 854 g/mol. The van der Waals surface area contributed by atoms with Crippen LogP contribution in [-0.2, 0) is 26.5 Å². The van der Waals surface area contributed by atoms with Crippen molar-refractivity contribution >= 4 is 21.8 Å². The van der Waals surface area contributed by atoms with Crippen LogP contribution in [0.4, 0.5) is 0 Å². The first-order chi connectivity index (χ1) is 26.3. The minimum atomic E-state index is -0.157. The van der Waals surface area contributed by atoms with Gasteiger partial charge < -0.3 is 9.67 Å². The van der Waals surface area contributed by atoms with Gasteiger partial charge >= 0.3 is 0 Å². The molecule has 5 heteroatoms. The number of aromatic nitrogens is 3. The molecule has 0 unspecified atom stereocenters. The van der Waals surface area contributed by atoms with E-state index < -0.39 is 0 Å². The molecule has 0 saturated carbocycles. The fourth-order valence-electron chi connectivity index (χ4n) is 7.42. The second-order valence-corrected chi connectivity index (χ2v) is 14.8. The molecule has 3 aromatic heterocycles. The maximum absolute atomic E-state index is 10.9. The number of phenolic OH excluding ortho intramolecular Hbond substituents is 1. The van der Waals surface area contributed by atoms with E-state index in [0.717, 1.165) is 61.5 Å². The van der Waals surface area contributed by atoms with Crippen LogP contribution in [0.2, 0.25) is 0 Å². The largest absolute Gasteiger partial charge is 0.507 e. The summed E-state index contributed by atoms with van der Waals surface area (Å²) in [5.74, 6) is 0.191. The van der Waals surface area contributed by atoms with Crippen molar-refractivity contribution in [2.75, 3.05) is 0 Å². The molecule has 0 bridgehead atoms. The summed E-state index contributed by atoms with van der Waals surface area (Å²) in [4.78, 5) is 10.1. The molecule has 0 aliphatic rings. The number of pyridine rings is 2. The SMILES string of the molecule is CC(C)(C)c1cc(-c2cc(-c3cccc4c5ccccc5n(-c5ccccc5)c34)ccn2)[c-]c(-c2cc(-c3ccccc3)cc(-c3ccccc3O)n2)c1.[Pt]. The van der Waals surface area contributed by atoms with Gasteiger partial charge in [0.25, 0.3) is 0 Å². The molecule has 9 rings (SSSR count). The number of benzene rings is 6. The van der Waals surface area contributed by atoms with E-state index >= 15 is 0 Å². The number of nitrogens with zero attached hydrogens (tertiary/aromatic N) is 3. The number of hydrogen-bond acceptors (Lipinski definition) is 3. The minimum Gasteiger partial charge on any atom is -0.507 e. The van der Waals surface area contributed by atoms with Crippen molar-refractivity contribution in [1.29, 1.82) is 0 Å². The summed E-state index contributed by atoms with van der Waals surface area (Å²) in [6, 6.07) is 60.0. The first kappa shape index (κ1) is 35.9. The second-order valence-electron chi connectivity index (χ2n) is 14.8. The molecule has 0 saturated heterocycles. The first-order valence-corrected chi connectivity index (χ1v) is 18.3. The number of fused-ring (bicyclic) bond motifs is 3. The van der Waals surface area contributed by atoms with E-state index in [4.69, 9.17) is 9.97 Å². The van der Waals surface area contributed by atoms with Crippen molar-refractivity contribution < 1.29 is 26.2 Å². The van der Waals surface area contributed by atoms with Gasteiger partial charge in [0.05, 0.1) is 16.7 Å². The minimum absolute atomic E-state index is 0. The molecule has 9 aromatic rings. The number of rotatable bonds is 6. The summed E-state index contributed by atoms with van der Waals surface area (Å²) in [5, 5.41) is 13.3. The molecule has 3 heterocycles. The Morgan fingerprint density at radius 1 is 0.545 bits per heavy atom. The monoisotopic (exact) mass is 891 g/mol. The van der Waals surface area contributed by atoms with Gasteiger partial charge in [-0.1, -0.05) is 141 Å². The molecule has 6 aromatic carbocycles. The van der Waals surface area contributed by atoms with Crippen LogP contribution >= 0.6 is 0 Å². The van der Waals surface area contributed by atoms with Crippen molar-refractivity contribution in [3.8, 4) is 67.5 Å². The third-order valence-corrected chi connectivity index (χ3v) is 10.2. The van der Waals surface area contributed by atoms with Crippen molar-refractivity contribution in [2.45, 2.75) is 26.2 Å². The summed E-state index contributed by atoms with van der Waals surface area (Å²) in [5.41, 5.74) is 13.5. The zero-order valence-corrected chi connectivity index (χ0v) is 33.0. The fraction of sp³-hybridized carbons (Fsp3) is 0.0800. The first-order valence-electron chi connectivity index (χ1n) is 18.3. The third kappa shape index (κ3) is 6.79. The van der Waals surface area contributed by atoms with Crippen molar-refractivity contribution in [3.63, 3.8) is 0 Å². The zero-order chi connectivity index (χ0) is 36.8. The Kier molecular flexibility index (Phi) is 9.55. The molecule has 0 aliphatic carbocycles. The molecule has 55 heavy (non-hydrogen) atoms. The Morgan fingerprint density at radius 2 is 1.16 bits per heavy atom. The quantitative estimate of drug-likeness (QED) is 0.169. The number of hydrogen-bond donors (Lipinski definition) is 1. The average Bonchev–Trinajstić information content (AvgIpc) is 3.56. The van der Waals surface area contributed by atoms with Crippen molar-refractivity contribution in [3.05, 3.63) is 182 Å². The van der Waals surface area contributed by atoms with E-state index in [1.54, 1.807) is 6.07 Å². The van der Waals surface area contributed by atoms with Gasteiger partial charge in [0.2, 0.25) is 0 Å². The van der Waals surface area contributed by atoms with Crippen molar-refractivity contribution in [2.24, 2.45) is 0 Å². The zero-order valence-electron chi connectivity index (χ0n) is 30.8. The van der Waals surface area contributed by atoms with Gasteiger partial charge in [-0.2, -0.15) is 0 Å². The second kappa shape index (κ2) is 14.6. The van der Waals surface area contributed by atoms with Crippen LogP contribution in [-0.4, -0.2) is 19.6 Å². The molecule has 0 radical (unpaired) electrons. The smallest absolute Gasteiger partial charge is 0.124 e. The van der Waals surface area contributed by atoms with Gasteiger partial charge in [-0.05, 0) is 64.6 Å². The molecular formula is C50H38N3OPt-. The predicted octanol–water partition coefficient (Wildman–Crippen LogP) is 12.7. The van der Waals surface area contributed by atoms with Crippen LogP contribution in [0.1, 0.15) is 26.3 Å². The summed E-state index contributed by atoms with van der Waals surface area (Å²) in [7, 11) is 0. The Bertz CT molecular complexity index is 2820. The van der Waals surface area contributed by atoms with Gasteiger partial charge in [-0.15, -0.1) is 23.8 Å². The molecule has 0 atom stereocenters. The predicted molar refractivity (Wildman–Crippen MR) is 223 cm³/mol. The van der Waals surface area contributed by atoms with E-state index in [-0.39, 0.29) is 32.2 Å². The Hall–Kier alpha value is -6.09. The molecule has 270 valence electrons. The molecule has 0 spiro atoms. The van der Waals surface area contributed by atoms with Gasteiger partial charge in [0, 0.05) is 66.2 Å². The fourth-order valence-corrected chi connectivity index (χ4v) is 7.42. The van der Waals surface area contributed by atoms with Crippen molar-refractivity contribution in [1.82, 2.24) is 14.5 Å². The van der Waals surface area contributed by atoms with E-state index in [0.29, 0.717) is 11.3 Å². The molecule has 0 aliphatic heterocycles. The van der Waals surface area contributed by atoms with E-state index in [1.807, 2.05) is 48.7 Å². The molecule has 0 fully saturated rings. The van der Waals surface area contributed by atoms with E-state index in [1.165, 1.54) is 16.3 Å². The summed E-state index contributed by atoms with van der Waals surface area (Å²) in [6.07, 6.45) is 1.90. The maximum atomic E-state index is 10.9. The topological polar surface area (TPSA) is 50.9 Å². The molecule has 1 N–H and O–H groups in total. The molecule has 4 nitrogen and oxygen atoms in total. The average molecular weight is 892 g/mol. The Labute approximate surface area is 336 Å². The van der Waals surface area contributed by atoms with Crippen LogP contribution in [0.15, 0.2) is 170 Å². The standard InChI is InChI=1S/C50H38N3O.Pt/c1-50(2,3)38-28-36(27-37(29-38)45-31-35(33-15-6-4-7-16-33)32-46(52-45)43-20-11-13-24-48(43)54)44-30-34(25-26-51-44)40-21-14-22-42-41-19-10-12-23-47(41)53(49(40)42)39-17-8-5-9-18-39;/h4-26,28-32,54H,1-3H3;/q-1;. The van der Waals surface area contributed by atoms with Gasteiger partial charge in [-0.3, -0.25) is 9.97 Å². The third-order valence-electron chi connectivity index (χ3n) is 10.2. The Balaban J connectivity index is 0.00000427. The number of para-hydroxylation sites is 4.